The lowest BCUT2D eigenvalue weighted by Crippen LogP contribution is -2.14. The van der Waals surface area contributed by atoms with Gasteiger partial charge in [-0.15, -0.1) is 0 Å². The van der Waals surface area contributed by atoms with Crippen molar-refractivity contribution in [3.63, 3.8) is 0 Å². The van der Waals surface area contributed by atoms with E-state index in [-0.39, 0.29) is 5.91 Å². The maximum absolute atomic E-state index is 12.9. The third kappa shape index (κ3) is 3.27. The second kappa shape index (κ2) is 7.44. The van der Waals surface area contributed by atoms with Crippen molar-refractivity contribution in [2.24, 2.45) is 0 Å². The Bertz CT molecular complexity index is 1120. The van der Waals surface area contributed by atoms with E-state index in [9.17, 15) is 4.79 Å². The lowest BCUT2D eigenvalue weighted by Gasteiger charge is -2.12. The standard InChI is InChI=1S/C22H19N3O3/c1-27-14-11-12-16(20(13-14)28-2)22(26)25-17-8-4-3-7-15(17)21-23-18-9-5-6-10-19(18)24-21/h3-13H,1-2H3,(H,23,24)(H,25,26). The fourth-order valence-corrected chi connectivity index (χ4v) is 3.05. The Morgan fingerprint density at radius 1 is 0.964 bits per heavy atom. The number of anilines is 1. The summed E-state index contributed by atoms with van der Waals surface area (Å²) in [5.41, 5.74) is 3.69. The molecule has 0 radical (unpaired) electrons. The van der Waals surface area contributed by atoms with Crippen molar-refractivity contribution in [1.82, 2.24) is 9.97 Å². The van der Waals surface area contributed by atoms with Crippen LogP contribution in [0.5, 0.6) is 11.5 Å². The molecule has 6 heteroatoms. The van der Waals surface area contributed by atoms with Crippen LogP contribution in [-0.2, 0) is 0 Å². The number of amides is 1. The fourth-order valence-electron chi connectivity index (χ4n) is 3.05. The zero-order valence-electron chi connectivity index (χ0n) is 15.5. The molecule has 28 heavy (non-hydrogen) atoms. The zero-order valence-corrected chi connectivity index (χ0v) is 15.5. The Kier molecular flexibility index (Phi) is 4.68. The molecular weight excluding hydrogens is 354 g/mol. The van der Waals surface area contributed by atoms with Crippen molar-refractivity contribution in [2.45, 2.75) is 0 Å². The molecule has 4 rings (SSSR count). The number of H-pyrrole nitrogens is 1. The third-order valence-electron chi connectivity index (χ3n) is 4.47. The lowest BCUT2D eigenvalue weighted by molar-refractivity contribution is 0.102. The Morgan fingerprint density at radius 2 is 1.75 bits per heavy atom. The van der Waals surface area contributed by atoms with Crippen molar-refractivity contribution in [3.05, 3.63) is 72.3 Å². The van der Waals surface area contributed by atoms with Gasteiger partial charge in [-0.1, -0.05) is 24.3 Å². The summed E-state index contributed by atoms with van der Waals surface area (Å²) in [6.45, 7) is 0. The SMILES string of the molecule is COc1ccc(C(=O)Nc2ccccc2-c2nc3ccccc3[nH]2)c(OC)c1. The van der Waals surface area contributed by atoms with Gasteiger partial charge in [0.2, 0.25) is 0 Å². The quantitative estimate of drug-likeness (QED) is 0.540. The monoisotopic (exact) mass is 373 g/mol. The highest BCUT2D eigenvalue weighted by molar-refractivity contribution is 6.08. The molecule has 1 amide bonds. The molecule has 0 saturated carbocycles. The molecule has 0 aliphatic heterocycles. The normalized spacial score (nSPS) is 10.6. The molecule has 0 aliphatic carbocycles. The van der Waals surface area contributed by atoms with E-state index in [0.717, 1.165) is 16.6 Å². The summed E-state index contributed by atoms with van der Waals surface area (Å²) < 4.78 is 10.5. The number of aromatic nitrogens is 2. The predicted molar refractivity (Wildman–Crippen MR) is 109 cm³/mol. The minimum Gasteiger partial charge on any atom is -0.497 e. The first-order valence-electron chi connectivity index (χ1n) is 8.77. The van der Waals surface area contributed by atoms with Crippen LogP contribution in [0.3, 0.4) is 0 Å². The molecule has 1 heterocycles. The summed E-state index contributed by atoms with van der Waals surface area (Å²) in [6, 6.07) is 20.4. The van der Waals surface area contributed by atoms with Gasteiger partial charge in [-0.25, -0.2) is 4.98 Å². The molecule has 0 saturated heterocycles. The molecule has 0 aliphatic rings. The van der Waals surface area contributed by atoms with Gasteiger partial charge in [-0.3, -0.25) is 4.79 Å². The van der Waals surface area contributed by atoms with Crippen LogP contribution in [-0.4, -0.2) is 30.1 Å². The van der Waals surface area contributed by atoms with E-state index < -0.39 is 0 Å². The van der Waals surface area contributed by atoms with Gasteiger partial charge >= 0.3 is 0 Å². The van der Waals surface area contributed by atoms with Gasteiger partial charge in [-0.2, -0.15) is 0 Å². The number of hydrogen-bond donors (Lipinski definition) is 2. The van der Waals surface area contributed by atoms with Crippen LogP contribution in [0.1, 0.15) is 10.4 Å². The molecule has 2 N–H and O–H groups in total. The predicted octanol–water partition coefficient (Wildman–Crippen LogP) is 4.50. The number of fused-ring (bicyclic) bond motifs is 1. The second-order valence-corrected chi connectivity index (χ2v) is 6.17. The van der Waals surface area contributed by atoms with Crippen molar-refractivity contribution in [2.75, 3.05) is 19.5 Å². The van der Waals surface area contributed by atoms with Crippen LogP contribution in [0.15, 0.2) is 66.7 Å². The lowest BCUT2D eigenvalue weighted by atomic mass is 10.1. The summed E-state index contributed by atoms with van der Waals surface area (Å²) in [6.07, 6.45) is 0. The topological polar surface area (TPSA) is 76.2 Å². The van der Waals surface area contributed by atoms with Gasteiger partial charge in [0.25, 0.3) is 5.91 Å². The van der Waals surface area contributed by atoms with Crippen LogP contribution >= 0.6 is 0 Å². The fraction of sp³-hybridized carbons (Fsp3) is 0.0909. The number of nitrogens with one attached hydrogen (secondary N) is 2. The number of imidazole rings is 1. The molecule has 0 atom stereocenters. The molecule has 4 aromatic rings. The molecule has 6 nitrogen and oxygen atoms in total. The van der Waals surface area contributed by atoms with Gasteiger partial charge in [0, 0.05) is 11.6 Å². The molecular formula is C22H19N3O3. The highest BCUT2D eigenvalue weighted by Crippen LogP contribution is 2.30. The van der Waals surface area contributed by atoms with E-state index in [0.29, 0.717) is 28.6 Å². The number of nitrogens with zero attached hydrogens (tertiary/aromatic N) is 1. The smallest absolute Gasteiger partial charge is 0.259 e. The molecule has 0 bridgehead atoms. The summed E-state index contributed by atoms with van der Waals surface area (Å²) in [5, 5.41) is 2.96. The van der Waals surface area contributed by atoms with E-state index in [4.69, 9.17) is 9.47 Å². The molecule has 1 aromatic heterocycles. The summed E-state index contributed by atoms with van der Waals surface area (Å²) in [7, 11) is 3.09. The number of benzene rings is 3. The van der Waals surface area contributed by atoms with Gasteiger partial charge in [0.15, 0.2) is 0 Å². The number of methoxy groups -OCH3 is 2. The molecule has 140 valence electrons. The van der Waals surface area contributed by atoms with Crippen molar-refractivity contribution < 1.29 is 14.3 Å². The number of para-hydroxylation sites is 3. The van der Waals surface area contributed by atoms with Crippen molar-refractivity contribution in [3.8, 4) is 22.9 Å². The first-order chi connectivity index (χ1) is 13.7. The number of carbonyl (C=O) groups excluding carboxylic acids is 1. The Hall–Kier alpha value is -3.80. The summed E-state index contributed by atoms with van der Waals surface area (Å²) in [5.74, 6) is 1.48. The third-order valence-corrected chi connectivity index (χ3v) is 4.47. The first-order valence-corrected chi connectivity index (χ1v) is 8.77. The number of rotatable bonds is 5. The number of aromatic amines is 1. The highest BCUT2D eigenvalue weighted by Gasteiger charge is 2.16. The van der Waals surface area contributed by atoms with Gasteiger partial charge in [0.1, 0.15) is 17.3 Å². The highest BCUT2D eigenvalue weighted by atomic mass is 16.5. The van der Waals surface area contributed by atoms with Crippen molar-refractivity contribution in [1.29, 1.82) is 0 Å². The van der Waals surface area contributed by atoms with E-state index in [1.165, 1.54) is 7.11 Å². The zero-order chi connectivity index (χ0) is 19.5. The first kappa shape index (κ1) is 17.6. The Morgan fingerprint density at radius 3 is 2.54 bits per heavy atom. The van der Waals surface area contributed by atoms with Crippen LogP contribution < -0.4 is 14.8 Å². The Balaban J connectivity index is 1.69. The maximum Gasteiger partial charge on any atom is 0.259 e. The van der Waals surface area contributed by atoms with Crippen LogP contribution in [0.2, 0.25) is 0 Å². The number of carbonyl (C=O) groups is 1. The minimum absolute atomic E-state index is 0.275. The van der Waals surface area contributed by atoms with E-state index in [2.05, 4.69) is 15.3 Å². The summed E-state index contributed by atoms with van der Waals surface area (Å²) in [4.78, 5) is 20.8. The Labute approximate surface area is 162 Å². The van der Waals surface area contributed by atoms with Crippen molar-refractivity contribution >= 4 is 22.6 Å². The van der Waals surface area contributed by atoms with Gasteiger partial charge < -0.3 is 19.8 Å². The van der Waals surface area contributed by atoms with E-state index in [1.807, 2.05) is 48.5 Å². The van der Waals surface area contributed by atoms with Gasteiger partial charge in [0.05, 0.1) is 36.5 Å². The van der Waals surface area contributed by atoms with Crippen LogP contribution in [0.25, 0.3) is 22.4 Å². The van der Waals surface area contributed by atoms with E-state index in [1.54, 1.807) is 25.3 Å². The second-order valence-electron chi connectivity index (χ2n) is 6.17. The molecule has 0 spiro atoms. The number of ether oxygens (including phenoxy) is 2. The minimum atomic E-state index is -0.275. The van der Waals surface area contributed by atoms with Crippen LogP contribution in [0, 0.1) is 0 Å². The summed E-state index contributed by atoms with van der Waals surface area (Å²) >= 11 is 0. The molecule has 3 aromatic carbocycles. The number of hydrogen-bond acceptors (Lipinski definition) is 4. The largest absolute Gasteiger partial charge is 0.497 e. The van der Waals surface area contributed by atoms with Crippen LogP contribution in [0.4, 0.5) is 5.69 Å². The molecule has 0 unspecified atom stereocenters. The molecule has 0 fully saturated rings. The maximum atomic E-state index is 12.9. The average molecular weight is 373 g/mol. The van der Waals surface area contributed by atoms with E-state index >= 15 is 0 Å². The van der Waals surface area contributed by atoms with Gasteiger partial charge in [-0.05, 0) is 36.4 Å². The average Bonchev–Trinajstić information content (AvgIpc) is 3.17.